The number of aryl methyl sites for hydroxylation is 3. The van der Waals surface area contributed by atoms with Crippen LogP contribution < -0.4 is 15.4 Å². The number of carbonyl (C=O) groups excluding carboxylic acids is 1. The molecule has 3 aromatic rings. The minimum Gasteiger partial charge on any atom is -0.494 e. The number of nitrogens with zero attached hydrogens (tertiary/aromatic N) is 1. The van der Waals surface area contributed by atoms with E-state index in [4.69, 9.17) is 4.74 Å². The van der Waals surface area contributed by atoms with Crippen molar-refractivity contribution in [3.05, 3.63) is 64.2 Å². The van der Waals surface area contributed by atoms with Crippen LogP contribution in [0.1, 0.15) is 34.1 Å². The fourth-order valence-electron chi connectivity index (χ4n) is 2.91. The number of carbonyl (C=O) groups is 1. The first-order valence-corrected chi connectivity index (χ1v) is 9.69. The standard InChI is InChI=1S/C21H23N3O2S/c1-5-26-17-8-6-16(7-9-17)22-21-23-18(12-27-21)20(25)24-19-14(3)10-13(2)11-15(19)4/h6-12H,5H2,1-4H3,(H,22,23)(H,24,25). The van der Waals surface area contributed by atoms with Crippen LogP contribution in [-0.4, -0.2) is 17.5 Å². The molecule has 1 heterocycles. The summed E-state index contributed by atoms with van der Waals surface area (Å²) in [5, 5.41) is 8.62. The third kappa shape index (κ3) is 4.65. The van der Waals surface area contributed by atoms with E-state index in [0.717, 1.165) is 28.3 Å². The van der Waals surface area contributed by atoms with Gasteiger partial charge in [0.15, 0.2) is 5.13 Å². The van der Waals surface area contributed by atoms with E-state index >= 15 is 0 Å². The monoisotopic (exact) mass is 381 g/mol. The second kappa shape index (κ2) is 8.22. The molecule has 1 amide bonds. The molecule has 3 rings (SSSR count). The topological polar surface area (TPSA) is 63.2 Å². The molecular weight excluding hydrogens is 358 g/mol. The van der Waals surface area contributed by atoms with Crippen LogP contribution in [0.5, 0.6) is 5.75 Å². The van der Waals surface area contributed by atoms with E-state index in [0.29, 0.717) is 17.4 Å². The Kier molecular flexibility index (Phi) is 5.76. The van der Waals surface area contributed by atoms with Crippen LogP contribution in [0.15, 0.2) is 41.8 Å². The molecule has 0 aliphatic rings. The number of benzene rings is 2. The summed E-state index contributed by atoms with van der Waals surface area (Å²) in [6.07, 6.45) is 0. The first-order chi connectivity index (χ1) is 13.0. The molecule has 0 saturated carbocycles. The molecule has 1 aromatic heterocycles. The molecule has 0 aliphatic heterocycles. The van der Waals surface area contributed by atoms with E-state index in [2.05, 4.69) is 27.8 Å². The minimum absolute atomic E-state index is 0.207. The Bertz CT molecular complexity index is 925. The summed E-state index contributed by atoms with van der Waals surface area (Å²) in [5.74, 6) is 0.618. The number of ether oxygens (including phenoxy) is 1. The van der Waals surface area contributed by atoms with E-state index < -0.39 is 0 Å². The number of nitrogens with one attached hydrogen (secondary N) is 2. The van der Waals surface area contributed by atoms with Crippen LogP contribution in [0.4, 0.5) is 16.5 Å². The average molecular weight is 382 g/mol. The van der Waals surface area contributed by atoms with Crippen molar-refractivity contribution < 1.29 is 9.53 Å². The van der Waals surface area contributed by atoms with Crippen molar-refractivity contribution in [1.29, 1.82) is 0 Å². The molecule has 27 heavy (non-hydrogen) atoms. The minimum atomic E-state index is -0.207. The number of amides is 1. The summed E-state index contributed by atoms with van der Waals surface area (Å²) < 4.78 is 5.44. The Morgan fingerprint density at radius 1 is 1.11 bits per heavy atom. The molecule has 140 valence electrons. The molecule has 5 nitrogen and oxygen atoms in total. The van der Waals surface area contributed by atoms with Gasteiger partial charge >= 0.3 is 0 Å². The van der Waals surface area contributed by atoms with Gasteiger partial charge in [-0.25, -0.2) is 4.98 Å². The van der Waals surface area contributed by atoms with Crippen LogP contribution in [0, 0.1) is 20.8 Å². The Labute approximate surface area is 163 Å². The predicted molar refractivity (Wildman–Crippen MR) is 112 cm³/mol. The predicted octanol–water partition coefficient (Wildman–Crippen LogP) is 5.46. The van der Waals surface area contributed by atoms with Crippen molar-refractivity contribution in [3.63, 3.8) is 0 Å². The van der Waals surface area contributed by atoms with Crippen LogP contribution in [-0.2, 0) is 0 Å². The maximum Gasteiger partial charge on any atom is 0.275 e. The van der Waals surface area contributed by atoms with Gasteiger partial charge in [-0.2, -0.15) is 0 Å². The molecule has 0 radical (unpaired) electrons. The second-order valence-electron chi connectivity index (χ2n) is 6.35. The quantitative estimate of drug-likeness (QED) is 0.595. The number of aromatic nitrogens is 1. The molecule has 0 unspecified atom stereocenters. The fraction of sp³-hybridized carbons (Fsp3) is 0.238. The second-order valence-corrected chi connectivity index (χ2v) is 7.21. The Hall–Kier alpha value is -2.86. The number of hydrogen-bond acceptors (Lipinski definition) is 5. The summed E-state index contributed by atoms with van der Waals surface area (Å²) in [6, 6.07) is 11.8. The largest absolute Gasteiger partial charge is 0.494 e. The van der Waals surface area contributed by atoms with E-state index in [1.165, 1.54) is 16.9 Å². The number of hydrogen-bond donors (Lipinski definition) is 2. The lowest BCUT2D eigenvalue weighted by atomic mass is 10.1. The first kappa shape index (κ1) is 18.9. The van der Waals surface area contributed by atoms with Crippen molar-refractivity contribution in [2.24, 2.45) is 0 Å². The van der Waals surface area contributed by atoms with Crippen LogP contribution >= 0.6 is 11.3 Å². The highest BCUT2D eigenvalue weighted by Gasteiger charge is 2.14. The van der Waals surface area contributed by atoms with Crippen molar-refractivity contribution in [3.8, 4) is 5.75 Å². The molecular formula is C21H23N3O2S. The SMILES string of the molecule is CCOc1ccc(Nc2nc(C(=O)Nc3c(C)cc(C)cc3C)cs2)cc1. The van der Waals surface area contributed by atoms with Gasteiger partial charge in [0.25, 0.3) is 5.91 Å². The summed E-state index contributed by atoms with van der Waals surface area (Å²) in [4.78, 5) is 17.0. The van der Waals surface area contributed by atoms with Gasteiger partial charge in [-0.05, 0) is 63.1 Å². The van der Waals surface area contributed by atoms with Crippen LogP contribution in [0.2, 0.25) is 0 Å². The van der Waals surface area contributed by atoms with Crippen molar-refractivity contribution in [1.82, 2.24) is 4.98 Å². The van der Waals surface area contributed by atoms with Crippen molar-refractivity contribution >= 4 is 33.8 Å². The highest BCUT2D eigenvalue weighted by molar-refractivity contribution is 7.14. The van der Waals surface area contributed by atoms with E-state index in [1.807, 2.05) is 52.0 Å². The Balaban J connectivity index is 1.69. The van der Waals surface area contributed by atoms with Crippen LogP contribution in [0.3, 0.4) is 0 Å². The lowest BCUT2D eigenvalue weighted by Gasteiger charge is -2.12. The molecule has 0 saturated heterocycles. The Morgan fingerprint density at radius 2 is 1.78 bits per heavy atom. The molecule has 0 bridgehead atoms. The smallest absolute Gasteiger partial charge is 0.275 e. The lowest BCUT2D eigenvalue weighted by Crippen LogP contribution is -2.14. The molecule has 0 fully saturated rings. The first-order valence-electron chi connectivity index (χ1n) is 8.81. The van der Waals surface area contributed by atoms with Gasteiger partial charge < -0.3 is 15.4 Å². The fourth-order valence-corrected chi connectivity index (χ4v) is 3.63. The van der Waals surface area contributed by atoms with Gasteiger partial charge in [0.05, 0.1) is 6.61 Å². The van der Waals surface area contributed by atoms with Gasteiger partial charge in [0.1, 0.15) is 11.4 Å². The molecule has 6 heteroatoms. The molecule has 0 aliphatic carbocycles. The highest BCUT2D eigenvalue weighted by atomic mass is 32.1. The van der Waals surface area contributed by atoms with Gasteiger partial charge in [-0.3, -0.25) is 4.79 Å². The summed E-state index contributed by atoms with van der Waals surface area (Å²) >= 11 is 1.39. The van der Waals surface area contributed by atoms with E-state index in [9.17, 15) is 4.79 Å². The summed E-state index contributed by atoms with van der Waals surface area (Å²) in [5.41, 5.74) is 5.41. The normalized spacial score (nSPS) is 10.5. The van der Waals surface area contributed by atoms with Crippen molar-refractivity contribution in [2.75, 3.05) is 17.2 Å². The van der Waals surface area contributed by atoms with Crippen LogP contribution in [0.25, 0.3) is 0 Å². The maximum absolute atomic E-state index is 12.6. The molecule has 0 spiro atoms. The zero-order chi connectivity index (χ0) is 19.4. The summed E-state index contributed by atoms with van der Waals surface area (Å²) in [7, 11) is 0. The lowest BCUT2D eigenvalue weighted by molar-refractivity contribution is 0.102. The molecule has 2 aromatic carbocycles. The molecule has 0 atom stereocenters. The van der Waals surface area contributed by atoms with Crippen molar-refractivity contribution in [2.45, 2.75) is 27.7 Å². The van der Waals surface area contributed by atoms with E-state index in [-0.39, 0.29) is 5.91 Å². The Morgan fingerprint density at radius 3 is 2.41 bits per heavy atom. The third-order valence-electron chi connectivity index (χ3n) is 4.07. The zero-order valence-corrected chi connectivity index (χ0v) is 16.7. The zero-order valence-electron chi connectivity index (χ0n) is 15.9. The van der Waals surface area contributed by atoms with Gasteiger partial charge in [0.2, 0.25) is 0 Å². The van der Waals surface area contributed by atoms with Gasteiger partial charge in [-0.15, -0.1) is 11.3 Å². The number of thiazole rings is 1. The average Bonchev–Trinajstić information content (AvgIpc) is 3.08. The number of rotatable bonds is 6. The van der Waals surface area contributed by atoms with Gasteiger partial charge in [-0.1, -0.05) is 17.7 Å². The van der Waals surface area contributed by atoms with E-state index in [1.54, 1.807) is 5.38 Å². The van der Waals surface area contributed by atoms with Gasteiger partial charge in [0, 0.05) is 16.8 Å². The summed E-state index contributed by atoms with van der Waals surface area (Å²) in [6.45, 7) is 8.63. The number of anilines is 3. The third-order valence-corrected chi connectivity index (χ3v) is 4.83. The molecule has 2 N–H and O–H groups in total. The highest BCUT2D eigenvalue weighted by Crippen LogP contribution is 2.25. The maximum atomic E-state index is 12.6.